The van der Waals surface area contributed by atoms with Crippen molar-refractivity contribution in [3.8, 4) is 0 Å². The zero-order chi connectivity index (χ0) is 19.7. The van der Waals surface area contributed by atoms with Crippen molar-refractivity contribution in [3.63, 3.8) is 0 Å². The molecular formula is C22H19NO4S. The van der Waals surface area contributed by atoms with E-state index in [1.807, 2.05) is 55.5 Å². The van der Waals surface area contributed by atoms with Gasteiger partial charge in [-0.2, -0.15) is 4.31 Å². The third kappa shape index (κ3) is 3.16. The van der Waals surface area contributed by atoms with Crippen molar-refractivity contribution in [1.82, 2.24) is 4.31 Å². The molecule has 0 N–H and O–H groups in total. The maximum absolute atomic E-state index is 13.3. The van der Waals surface area contributed by atoms with Crippen LogP contribution in [-0.2, 0) is 14.8 Å². The van der Waals surface area contributed by atoms with Crippen molar-refractivity contribution in [2.75, 3.05) is 0 Å². The highest BCUT2D eigenvalue weighted by atomic mass is 32.2. The van der Waals surface area contributed by atoms with Gasteiger partial charge in [-0.15, -0.1) is 0 Å². The highest BCUT2D eigenvalue weighted by Gasteiger charge is 2.50. The molecule has 2 atom stereocenters. The number of hydrogen-bond acceptors (Lipinski definition) is 4. The van der Waals surface area contributed by atoms with Crippen LogP contribution in [0.4, 0.5) is 4.79 Å². The van der Waals surface area contributed by atoms with Gasteiger partial charge < -0.3 is 4.74 Å². The number of sulfonamides is 1. The predicted molar refractivity (Wildman–Crippen MR) is 105 cm³/mol. The molecule has 142 valence electrons. The molecule has 0 spiro atoms. The van der Waals surface area contributed by atoms with Crippen molar-refractivity contribution < 1.29 is 17.9 Å². The lowest BCUT2D eigenvalue weighted by molar-refractivity contribution is 0.131. The summed E-state index contributed by atoms with van der Waals surface area (Å²) in [7, 11) is -4.08. The fraction of sp³-hybridized carbons (Fsp3) is 0.136. The average Bonchev–Trinajstić information content (AvgIpc) is 3.07. The molecule has 0 bridgehead atoms. The van der Waals surface area contributed by atoms with Crippen LogP contribution in [0, 0.1) is 6.92 Å². The third-order valence-corrected chi connectivity index (χ3v) is 6.56. The number of rotatable bonds is 4. The van der Waals surface area contributed by atoms with Gasteiger partial charge >= 0.3 is 6.09 Å². The topological polar surface area (TPSA) is 63.7 Å². The standard InChI is InChI=1S/C22H19NO4S/c1-16-12-14-19(15-13-16)28(25,26)23-20(17-8-4-2-5-9-17)21(27-22(23)24)18-10-6-3-7-11-18/h2-15,20-21H,1H3/t20-,21-/m1/s1. The number of cyclic esters (lactones) is 1. The number of carbonyl (C=O) groups is 1. The van der Waals surface area contributed by atoms with Gasteiger partial charge in [-0.25, -0.2) is 13.2 Å². The van der Waals surface area contributed by atoms with Crippen LogP contribution in [0.25, 0.3) is 0 Å². The van der Waals surface area contributed by atoms with Crippen LogP contribution in [0.3, 0.4) is 0 Å². The number of nitrogens with zero attached hydrogens (tertiary/aromatic N) is 1. The van der Waals surface area contributed by atoms with Crippen LogP contribution in [0.1, 0.15) is 28.8 Å². The predicted octanol–water partition coefficient (Wildman–Crippen LogP) is 4.62. The van der Waals surface area contributed by atoms with Crippen LogP contribution in [0.5, 0.6) is 0 Å². The fourth-order valence-corrected chi connectivity index (χ4v) is 4.86. The Morgan fingerprint density at radius 2 is 1.32 bits per heavy atom. The molecule has 0 radical (unpaired) electrons. The zero-order valence-corrected chi connectivity index (χ0v) is 16.0. The monoisotopic (exact) mass is 393 g/mol. The summed E-state index contributed by atoms with van der Waals surface area (Å²) in [5, 5.41) is 0. The van der Waals surface area contributed by atoms with Gasteiger partial charge in [0, 0.05) is 0 Å². The second kappa shape index (κ2) is 7.13. The van der Waals surface area contributed by atoms with Crippen LogP contribution >= 0.6 is 0 Å². The number of benzene rings is 3. The highest BCUT2D eigenvalue weighted by molar-refractivity contribution is 7.89. The van der Waals surface area contributed by atoms with Crippen LogP contribution in [0.15, 0.2) is 89.8 Å². The van der Waals surface area contributed by atoms with Gasteiger partial charge in [-0.1, -0.05) is 78.4 Å². The summed E-state index contributed by atoms with van der Waals surface area (Å²) < 4.78 is 33.1. The van der Waals surface area contributed by atoms with Gasteiger partial charge in [0.2, 0.25) is 0 Å². The molecule has 0 saturated carbocycles. The second-order valence-electron chi connectivity index (χ2n) is 6.68. The zero-order valence-electron chi connectivity index (χ0n) is 15.2. The number of hydrogen-bond donors (Lipinski definition) is 0. The molecule has 1 saturated heterocycles. The summed E-state index contributed by atoms with van der Waals surface area (Å²) in [6.45, 7) is 1.87. The van der Waals surface area contributed by atoms with E-state index in [0.29, 0.717) is 5.56 Å². The SMILES string of the molecule is Cc1ccc(S(=O)(=O)N2C(=O)O[C@H](c3ccccc3)[C@H]2c2ccccc2)cc1. The van der Waals surface area contributed by atoms with Gasteiger partial charge in [-0.3, -0.25) is 0 Å². The average molecular weight is 393 g/mol. The molecule has 1 heterocycles. The summed E-state index contributed by atoms with van der Waals surface area (Å²) in [5.41, 5.74) is 2.37. The quantitative estimate of drug-likeness (QED) is 0.649. The number of amides is 1. The summed E-state index contributed by atoms with van der Waals surface area (Å²) in [4.78, 5) is 12.8. The third-order valence-electron chi connectivity index (χ3n) is 4.79. The molecule has 0 aromatic heterocycles. The molecule has 0 aliphatic carbocycles. The van der Waals surface area contributed by atoms with Crippen LogP contribution in [-0.4, -0.2) is 18.8 Å². The summed E-state index contributed by atoms with van der Waals surface area (Å²) in [5.74, 6) is 0. The maximum Gasteiger partial charge on any atom is 0.425 e. The molecule has 3 aromatic carbocycles. The molecule has 3 aromatic rings. The minimum absolute atomic E-state index is 0.0599. The lowest BCUT2D eigenvalue weighted by Gasteiger charge is -2.25. The maximum atomic E-state index is 13.3. The van der Waals surface area contributed by atoms with Crippen molar-refractivity contribution in [2.24, 2.45) is 0 Å². The Morgan fingerprint density at radius 1 is 0.786 bits per heavy atom. The summed E-state index contributed by atoms with van der Waals surface area (Å²) >= 11 is 0. The van der Waals surface area contributed by atoms with E-state index in [9.17, 15) is 13.2 Å². The van der Waals surface area contributed by atoms with Gasteiger partial charge in [-0.05, 0) is 30.2 Å². The Labute approximate surface area is 164 Å². The molecule has 0 unspecified atom stereocenters. The van der Waals surface area contributed by atoms with E-state index in [1.165, 1.54) is 12.1 Å². The van der Waals surface area contributed by atoms with E-state index in [0.717, 1.165) is 15.4 Å². The fourth-order valence-electron chi connectivity index (χ4n) is 3.39. The van der Waals surface area contributed by atoms with E-state index in [2.05, 4.69) is 0 Å². The van der Waals surface area contributed by atoms with E-state index in [1.54, 1.807) is 24.3 Å². The summed E-state index contributed by atoms with van der Waals surface area (Å²) in [6, 6.07) is 23.9. The molecule has 1 aliphatic heterocycles. The van der Waals surface area contributed by atoms with E-state index in [4.69, 9.17) is 4.74 Å². The number of ether oxygens (including phenoxy) is 1. The Morgan fingerprint density at radius 3 is 1.89 bits per heavy atom. The lowest BCUT2D eigenvalue weighted by Crippen LogP contribution is -2.34. The second-order valence-corrected chi connectivity index (χ2v) is 8.50. The Balaban J connectivity index is 1.85. The van der Waals surface area contributed by atoms with E-state index in [-0.39, 0.29) is 4.90 Å². The molecule has 1 fully saturated rings. The molecule has 4 rings (SSSR count). The van der Waals surface area contributed by atoms with Gasteiger partial charge in [0.15, 0.2) is 6.10 Å². The van der Waals surface area contributed by atoms with Crippen molar-refractivity contribution in [1.29, 1.82) is 0 Å². The minimum atomic E-state index is -4.08. The number of carbonyl (C=O) groups excluding carboxylic acids is 1. The molecule has 6 heteroatoms. The highest BCUT2D eigenvalue weighted by Crippen LogP contribution is 2.45. The van der Waals surface area contributed by atoms with Gasteiger partial charge in [0.25, 0.3) is 10.0 Å². The normalized spacial score (nSPS) is 19.5. The molecule has 1 aliphatic rings. The first-order valence-corrected chi connectivity index (χ1v) is 10.3. The Bertz CT molecular complexity index is 1080. The lowest BCUT2D eigenvalue weighted by atomic mass is 9.97. The largest absolute Gasteiger partial charge is 0.438 e. The first-order valence-electron chi connectivity index (χ1n) is 8.90. The molecule has 5 nitrogen and oxygen atoms in total. The van der Waals surface area contributed by atoms with Crippen LogP contribution < -0.4 is 0 Å². The van der Waals surface area contributed by atoms with Crippen molar-refractivity contribution in [2.45, 2.75) is 24.0 Å². The van der Waals surface area contributed by atoms with Crippen molar-refractivity contribution >= 4 is 16.1 Å². The van der Waals surface area contributed by atoms with Crippen molar-refractivity contribution in [3.05, 3.63) is 102 Å². The van der Waals surface area contributed by atoms with E-state index >= 15 is 0 Å². The molecule has 28 heavy (non-hydrogen) atoms. The molecular weight excluding hydrogens is 374 g/mol. The van der Waals surface area contributed by atoms with E-state index < -0.39 is 28.3 Å². The number of aryl methyl sites for hydroxylation is 1. The first-order chi connectivity index (χ1) is 13.5. The smallest absolute Gasteiger partial charge is 0.425 e. The van der Waals surface area contributed by atoms with Gasteiger partial charge in [0.1, 0.15) is 6.04 Å². The van der Waals surface area contributed by atoms with Gasteiger partial charge in [0.05, 0.1) is 4.90 Å². The Hall–Kier alpha value is -3.12. The minimum Gasteiger partial charge on any atom is -0.438 e. The molecule has 1 amide bonds. The first kappa shape index (κ1) is 18.3. The summed E-state index contributed by atoms with van der Waals surface area (Å²) in [6.07, 6.45) is -1.60. The Kier molecular flexibility index (Phi) is 4.65. The van der Waals surface area contributed by atoms with Crippen LogP contribution in [0.2, 0.25) is 0 Å².